The predicted octanol–water partition coefficient (Wildman–Crippen LogP) is 3.32. The highest BCUT2D eigenvalue weighted by atomic mass is 32.2. The zero-order valence-electron chi connectivity index (χ0n) is 9.75. The lowest BCUT2D eigenvalue weighted by Crippen LogP contribution is -2.27. The van der Waals surface area contributed by atoms with Crippen LogP contribution in [0, 0.1) is 6.92 Å². The van der Waals surface area contributed by atoms with Crippen LogP contribution in [0.15, 0.2) is 9.72 Å². The summed E-state index contributed by atoms with van der Waals surface area (Å²) in [5.41, 5.74) is 1.14. The minimum atomic E-state index is 0.624. The second-order valence-electron chi connectivity index (χ2n) is 3.75. The Hall–Kier alpha value is -0.0600. The molecule has 0 saturated carbocycles. The Bertz CT molecular complexity index is 273. The van der Waals surface area contributed by atoms with Gasteiger partial charge in [-0.05, 0) is 33.2 Å². The molecule has 0 amide bonds. The highest BCUT2D eigenvalue weighted by Gasteiger charge is 2.03. The first-order valence-corrected chi connectivity index (χ1v) is 7.37. The number of aryl methyl sites for hydroxylation is 1. The number of hydrogen-bond acceptors (Lipinski definition) is 4. The maximum absolute atomic E-state index is 4.43. The first kappa shape index (κ1) is 13.0. The smallest absolute Gasteiger partial charge is 0.150 e. The third-order valence-corrected chi connectivity index (χ3v) is 4.29. The van der Waals surface area contributed by atoms with Gasteiger partial charge in [0, 0.05) is 22.9 Å². The molecule has 1 unspecified atom stereocenters. The Labute approximate surface area is 101 Å². The van der Waals surface area contributed by atoms with Crippen LogP contribution >= 0.6 is 23.1 Å². The van der Waals surface area contributed by atoms with Gasteiger partial charge in [0.25, 0.3) is 0 Å². The fourth-order valence-corrected chi connectivity index (χ4v) is 3.26. The molecule has 1 atom stereocenters. The van der Waals surface area contributed by atoms with Gasteiger partial charge >= 0.3 is 0 Å². The van der Waals surface area contributed by atoms with Crippen molar-refractivity contribution in [3.05, 3.63) is 11.1 Å². The summed E-state index contributed by atoms with van der Waals surface area (Å²) in [6.45, 7) is 7.63. The van der Waals surface area contributed by atoms with Crippen LogP contribution in [0.2, 0.25) is 0 Å². The lowest BCUT2D eigenvalue weighted by atomic mass is 10.2. The molecule has 0 bridgehead atoms. The Kier molecular flexibility index (Phi) is 6.29. The van der Waals surface area contributed by atoms with E-state index in [-0.39, 0.29) is 0 Å². The van der Waals surface area contributed by atoms with E-state index in [2.05, 4.69) is 29.5 Å². The van der Waals surface area contributed by atoms with Gasteiger partial charge in [-0.1, -0.05) is 18.7 Å². The number of aromatic nitrogens is 1. The topological polar surface area (TPSA) is 24.9 Å². The molecule has 0 spiro atoms. The van der Waals surface area contributed by atoms with E-state index >= 15 is 0 Å². The van der Waals surface area contributed by atoms with Gasteiger partial charge in [0.15, 0.2) is 0 Å². The van der Waals surface area contributed by atoms with Crippen molar-refractivity contribution in [1.29, 1.82) is 0 Å². The number of nitrogens with zero attached hydrogens (tertiary/aromatic N) is 1. The summed E-state index contributed by atoms with van der Waals surface area (Å²) >= 11 is 3.62. The highest BCUT2D eigenvalue weighted by Crippen LogP contribution is 2.23. The molecule has 0 aromatic carbocycles. The van der Waals surface area contributed by atoms with Crippen LogP contribution in [-0.2, 0) is 0 Å². The van der Waals surface area contributed by atoms with Crippen LogP contribution in [0.3, 0.4) is 0 Å². The van der Waals surface area contributed by atoms with E-state index in [0.29, 0.717) is 6.04 Å². The number of thioether (sulfide) groups is 1. The number of hydrogen-bond donors (Lipinski definition) is 1. The number of rotatable bonds is 7. The van der Waals surface area contributed by atoms with Crippen molar-refractivity contribution in [3.8, 4) is 0 Å². The van der Waals surface area contributed by atoms with Crippen molar-refractivity contribution in [1.82, 2.24) is 10.3 Å². The van der Waals surface area contributed by atoms with Crippen molar-refractivity contribution < 1.29 is 0 Å². The Morgan fingerprint density at radius 2 is 2.40 bits per heavy atom. The van der Waals surface area contributed by atoms with E-state index in [1.165, 1.54) is 17.2 Å². The average Bonchev–Trinajstić information content (AvgIpc) is 2.61. The van der Waals surface area contributed by atoms with Crippen LogP contribution in [0.1, 0.15) is 32.4 Å². The SMILES string of the molecule is CCCNC(C)CCSc1nc(C)cs1. The average molecular weight is 244 g/mol. The Morgan fingerprint density at radius 1 is 1.60 bits per heavy atom. The van der Waals surface area contributed by atoms with Gasteiger partial charge < -0.3 is 5.32 Å². The van der Waals surface area contributed by atoms with Gasteiger partial charge in [0.2, 0.25) is 0 Å². The molecular weight excluding hydrogens is 224 g/mol. The molecule has 15 heavy (non-hydrogen) atoms. The van der Waals surface area contributed by atoms with E-state index in [0.717, 1.165) is 18.0 Å². The van der Waals surface area contributed by atoms with Crippen LogP contribution < -0.4 is 5.32 Å². The molecule has 1 aromatic rings. The maximum Gasteiger partial charge on any atom is 0.150 e. The normalized spacial score (nSPS) is 13.0. The molecule has 1 aromatic heterocycles. The second kappa shape index (κ2) is 7.25. The molecule has 2 nitrogen and oxygen atoms in total. The van der Waals surface area contributed by atoms with Gasteiger partial charge in [0.1, 0.15) is 4.34 Å². The lowest BCUT2D eigenvalue weighted by molar-refractivity contribution is 0.536. The van der Waals surface area contributed by atoms with Gasteiger partial charge in [-0.3, -0.25) is 0 Å². The third-order valence-electron chi connectivity index (χ3n) is 2.12. The Morgan fingerprint density at radius 3 is 3.00 bits per heavy atom. The number of nitrogens with one attached hydrogen (secondary N) is 1. The first-order valence-electron chi connectivity index (χ1n) is 5.50. The largest absolute Gasteiger partial charge is 0.314 e. The molecule has 1 N–H and O–H groups in total. The fraction of sp³-hybridized carbons (Fsp3) is 0.727. The minimum Gasteiger partial charge on any atom is -0.314 e. The molecule has 0 aliphatic carbocycles. The predicted molar refractivity (Wildman–Crippen MR) is 69.9 cm³/mol. The molecule has 4 heteroatoms. The van der Waals surface area contributed by atoms with E-state index in [4.69, 9.17) is 0 Å². The molecule has 1 heterocycles. The summed E-state index contributed by atoms with van der Waals surface area (Å²) < 4.78 is 1.20. The lowest BCUT2D eigenvalue weighted by Gasteiger charge is -2.11. The van der Waals surface area contributed by atoms with Crippen molar-refractivity contribution in [2.45, 2.75) is 44.0 Å². The molecule has 0 aliphatic heterocycles. The van der Waals surface area contributed by atoms with Crippen molar-refractivity contribution in [2.75, 3.05) is 12.3 Å². The first-order chi connectivity index (χ1) is 7.22. The van der Waals surface area contributed by atoms with E-state index in [9.17, 15) is 0 Å². The quantitative estimate of drug-likeness (QED) is 0.745. The van der Waals surface area contributed by atoms with E-state index in [1.54, 1.807) is 11.3 Å². The highest BCUT2D eigenvalue weighted by molar-refractivity contribution is 8.01. The summed E-state index contributed by atoms with van der Waals surface area (Å²) in [7, 11) is 0. The molecule has 0 radical (unpaired) electrons. The zero-order valence-corrected chi connectivity index (χ0v) is 11.4. The maximum atomic E-state index is 4.43. The molecular formula is C11H20N2S2. The molecule has 0 saturated heterocycles. The monoisotopic (exact) mass is 244 g/mol. The van der Waals surface area contributed by atoms with Crippen molar-refractivity contribution in [3.63, 3.8) is 0 Å². The van der Waals surface area contributed by atoms with Crippen LogP contribution in [0.25, 0.3) is 0 Å². The van der Waals surface area contributed by atoms with Gasteiger partial charge in [-0.15, -0.1) is 11.3 Å². The van der Waals surface area contributed by atoms with E-state index < -0.39 is 0 Å². The molecule has 0 fully saturated rings. The summed E-state index contributed by atoms with van der Waals surface area (Å²) in [4.78, 5) is 4.43. The van der Waals surface area contributed by atoms with E-state index in [1.807, 2.05) is 18.7 Å². The molecule has 1 rings (SSSR count). The van der Waals surface area contributed by atoms with Crippen molar-refractivity contribution in [2.24, 2.45) is 0 Å². The van der Waals surface area contributed by atoms with Gasteiger partial charge in [0.05, 0.1) is 0 Å². The molecule has 86 valence electrons. The van der Waals surface area contributed by atoms with Gasteiger partial charge in [-0.25, -0.2) is 4.98 Å². The Balaban J connectivity index is 2.10. The van der Waals surface area contributed by atoms with Crippen molar-refractivity contribution >= 4 is 23.1 Å². The summed E-state index contributed by atoms with van der Waals surface area (Å²) in [5.74, 6) is 1.16. The zero-order chi connectivity index (χ0) is 11.1. The van der Waals surface area contributed by atoms with Crippen LogP contribution in [0.5, 0.6) is 0 Å². The van der Waals surface area contributed by atoms with Gasteiger partial charge in [-0.2, -0.15) is 0 Å². The summed E-state index contributed by atoms with van der Waals surface area (Å²) in [6, 6.07) is 0.624. The third kappa shape index (κ3) is 5.54. The second-order valence-corrected chi connectivity index (χ2v) is 5.95. The summed E-state index contributed by atoms with van der Waals surface area (Å²) in [5, 5.41) is 5.61. The van der Waals surface area contributed by atoms with Crippen LogP contribution in [-0.4, -0.2) is 23.3 Å². The van der Waals surface area contributed by atoms with Crippen LogP contribution in [0.4, 0.5) is 0 Å². The standard InChI is InChI=1S/C11H20N2S2/c1-4-6-12-9(2)5-7-14-11-13-10(3)8-15-11/h8-9,12H,4-7H2,1-3H3. The summed E-state index contributed by atoms with van der Waals surface area (Å²) in [6.07, 6.45) is 2.42. The number of thiazole rings is 1. The minimum absolute atomic E-state index is 0.624. The molecule has 0 aliphatic rings. The fourth-order valence-electron chi connectivity index (χ4n) is 1.21.